The first-order valence-corrected chi connectivity index (χ1v) is 12.6. The Morgan fingerprint density at radius 1 is 0.857 bits per heavy atom. The van der Waals surface area contributed by atoms with E-state index in [0.717, 1.165) is 0 Å². The van der Waals surface area contributed by atoms with Crippen molar-refractivity contribution in [2.45, 2.75) is 17.2 Å². The predicted octanol–water partition coefficient (Wildman–Crippen LogP) is 2.10. The molecule has 1 saturated heterocycles. The Bertz CT molecular complexity index is 1310. The number of aryl methyl sites for hydroxylation is 1. The molecular weight excluding hydrogens is 470 g/mol. The number of hydrogen-bond donors (Lipinski definition) is 1. The van der Waals surface area contributed by atoms with Crippen LogP contribution in [0.5, 0.6) is 0 Å². The molecule has 182 valence electrons. The third-order valence-corrected chi connectivity index (χ3v) is 7.74. The number of benzene rings is 2. The summed E-state index contributed by atoms with van der Waals surface area (Å²) in [6.45, 7) is 2.37. The number of sulfone groups is 1. The minimum atomic E-state index is -4.25. The van der Waals surface area contributed by atoms with E-state index in [9.17, 15) is 22.8 Å². The Balaban J connectivity index is 1.56. The van der Waals surface area contributed by atoms with E-state index in [1.807, 2.05) is 0 Å². The van der Waals surface area contributed by atoms with Gasteiger partial charge in [0.2, 0.25) is 15.2 Å². The molecule has 2 aromatic carbocycles. The van der Waals surface area contributed by atoms with Gasteiger partial charge < -0.3 is 19.5 Å². The Morgan fingerprint density at radius 3 is 2.11 bits per heavy atom. The van der Waals surface area contributed by atoms with Crippen molar-refractivity contribution >= 4 is 27.6 Å². The van der Waals surface area contributed by atoms with Crippen LogP contribution in [0.3, 0.4) is 0 Å². The molecular formula is C25H25N3O6S. The maximum absolute atomic E-state index is 13.5. The van der Waals surface area contributed by atoms with E-state index in [1.165, 1.54) is 28.2 Å². The Hall–Kier alpha value is -3.92. The quantitative estimate of drug-likeness (QED) is 0.560. The van der Waals surface area contributed by atoms with Crippen LogP contribution in [0.15, 0.2) is 82.3 Å². The minimum Gasteiger partial charge on any atom is -0.459 e. The lowest BCUT2D eigenvalue weighted by Gasteiger charge is -2.36. The third kappa shape index (κ3) is 5.12. The first kappa shape index (κ1) is 24.2. The van der Waals surface area contributed by atoms with E-state index in [0.29, 0.717) is 5.56 Å². The highest BCUT2D eigenvalue weighted by Gasteiger charge is 2.39. The smallest absolute Gasteiger partial charge is 0.289 e. The average molecular weight is 496 g/mol. The van der Waals surface area contributed by atoms with Crippen LogP contribution in [0.25, 0.3) is 0 Å². The van der Waals surface area contributed by atoms with Gasteiger partial charge in [-0.3, -0.25) is 14.4 Å². The largest absolute Gasteiger partial charge is 0.459 e. The number of hydrogen-bond acceptors (Lipinski definition) is 6. The van der Waals surface area contributed by atoms with Crippen LogP contribution in [0.2, 0.25) is 0 Å². The summed E-state index contributed by atoms with van der Waals surface area (Å²) in [6.07, 6.45) is 1.41. The number of amides is 3. The number of nitrogens with one attached hydrogen (secondary N) is 1. The molecule has 1 atom stereocenters. The molecule has 1 fully saturated rings. The van der Waals surface area contributed by atoms with Crippen molar-refractivity contribution < 1.29 is 27.2 Å². The molecule has 2 heterocycles. The molecule has 10 heteroatoms. The molecule has 1 aromatic heterocycles. The van der Waals surface area contributed by atoms with Gasteiger partial charge in [-0.2, -0.15) is 0 Å². The fraction of sp³-hybridized carbons (Fsp3) is 0.240. The average Bonchev–Trinajstić information content (AvgIpc) is 3.42. The molecule has 3 aromatic rings. The molecule has 4 rings (SSSR count). The van der Waals surface area contributed by atoms with Gasteiger partial charge in [0.1, 0.15) is 0 Å². The first-order chi connectivity index (χ1) is 16.8. The number of furan rings is 1. The number of carbonyl (C=O) groups is 3. The van der Waals surface area contributed by atoms with Crippen LogP contribution >= 0.6 is 0 Å². The van der Waals surface area contributed by atoms with E-state index in [-0.39, 0.29) is 48.3 Å². The highest BCUT2D eigenvalue weighted by Crippen LogP contribution is 2.19. The van der Waals surface area contributed by atoms with E-state index in [4.69, 9.17) is 4.42 Å². The molecule has 0 spiro atoms. The zero-order valence-corrected chi connectivity index (χ0v) is 19.9. The molecule has 1 aliphatic rings. The van der Waals surface area contributed by atoms with E-state index < -0.39 is 27.0 Å². The fourth-order valence-electron chi connectivity index (χ4n) is 3.89. The van der Waals surface area contributed by atoms with Crippen molar-refractivity contribution in [2.75, 3.05) is 26.2 Å². The van der Waals surface area contributed by atoms with Crippen molar-refractivity contribution in [3.05, 3.63) is 89.9 Å². The van der Waals surface area contributed by atoms with Gasteiger partial charge in [-0.1, -0.05) is 36.4 Å². The highest BCUT2D eigenvalue weighted by atomic mass is 32.2. The number of piperazine rings is 1. The zero-order valence-electron chi connectivity index (χ0n) is 19.1. The van der Waals surface area contributed by atoms with Crippen LogP contribution in [0.1, 0.15) is 26.5 Å². The van der Waals surface area contributed by atoms with Gasteiger partial charge in [0.05, 0.1) is 11.2 Å². The number of carbonyl (C=O) groups excluding carboxylic acids is 3. The molecule has 35 heavy (non-hydrogen) atoms. The zero-order chi connectivity index (χ0) is 25.0. The number of rotatable bonds is 6. The SMILES string of the molecule is Cc1ccccc1C(=O)N[C@H](C(=O)N1CCN(C(=O)c2ccco2)CC1)S(=O)(=O)c1ccccc1. The topological polar surface area (TPSA) is 117 Å². The monoisotopic (exact) mass is 495 g/mol. The summed E-state index contributed by atoms with van der Waals surface area (Å²) in [6, 6.07) is 17.4. The maximum atomic E-state index is 13.5. The first-order valence-electron chi connectivity index (χ1n) is 11.1. The van der Waals surface area contributed by atoms with Gasteiger partial charge in [0.25, 0.3) is 17.7 Å². The second-order valence-electron chi connectivity index (χ2n) is 8.12. The van der Waals surface area contributed by atoms with E-state index >= 15 is 0 Å². The lowest BCUT2D eigenvalue weighted by Crippen LogP contribution is -2.57. The van der Waals surface area contributed by atoms with Crippen molar-refractivity contribution in [1.29, 1.82) is 0 Å². The molecule has 0 bridgehead atoms. The second-order valence-corrected chi connectivity index (χ2v) is 10.2. The van der Waals surface area contributed by atoms with Crippen molar-refractivity contribution in [3.8, 4) is 0 Å². The predicted molar refractivity (Wildman–Crippen MR) is 127 cm³/mol. The Labute approximate surface area is 203 Å². The standard InChI is InChI=1S/C25H25N3O6S/c1-18-8-5-6-11-20(18)22(29)26-23(35(32,33)19-9-3-2-4-10-19)25(31)28-15-13-27(14-16-28)24(30)21-12-7-17-34-21/h2-12,17,23H,13-16H2,1H3,(H,26,29)/t23-/m0/s1. The van der Waals surface area contributed by atoms with Crippen LogP contribution < -0.4 is 5.32 Å². The molecule has 1 N–H and O–H groups in total. The van der Waals surface area contributed by atoms with Crippen molar-refractivity contribution in [3.63, 3.8) is 0 Å². The highest BCUT2D eigenvalue weighted by molar-refractivity contribution is 7.92. The maximum Gasteiger partial charge on any atom is 0.289 e. The van der Waals surface area contributed by atoms with Crippen LogP contribution in [-0.4, -0.2) is 67.5 Å². The molecule has 9 nitrogen and oxygen atoms in total. The molecule has 3 amide bonds. The van der Waals surface area contributed by atoms with Gasteiger partial charge in [-0.15, -0.1) is 0 Å². The summed E-state index contributed by atoms with van der Waals surface area (Å²) in [4.78, 5) is 41.8. The van der Waals surface area contributed by atoms with Crippen LogP contribution in [0, 0.1) is 6.92 Å². The summed E-state index contributed by atoms with van der Waals surface area (Å²) in [5.41, 5.74) is 0.931. The van der Waals surface area contributed by atoms with E-state index in [2.05, 4.69) is 5.32 Å². The Morgan fingerprint density at radius 2 is 1.49 bits per heavy atom. The minimum absolute atomic E-state index is 0.0740. The summed E-state index contributed by atoms with van der Waals surface area (Å²) >= 11 is 0. The fourth-order valence-corrected chi connectivity index (χ4v) is 5.38. The summed E-state index contributed by atoms with van der Waals surface area (Å²) < 4.78 is 32.1. The van der Waals surface area contributed by atoms with Gasteiger partial charge in [0, 0.05) is 31.7 Å². The third-order valence-electron chi connectivity index (χ3n) is 5.87. The molecule has 0 aliphatic carbocycles. The summed E-state index contributed by atoms with van der Waals surface area (Å²) in [7, 11) is -4.25. The number of nitrogens with zero attached hydrogens (tertiary/aromatic N) is 2. The Kier molecular flexibility index (Phi) is 7.02. The van der Waals surface area contributed by atoms with Gasteiger partial charge in [-0.05, 0) is 42.8 Å². The summed E-state index contributed by atoms with van der Waals surface area (Å²) in [5, 5.41) is 0.637. The summed E-state index contributed by atoms with van der Waals surface area (Å²) in [5.74, 6) is -1.52. The normalized spacial score (nSPS) is 14.9. The molecule has 1 aliphatic heterocycles. The second kappa shape index (κ2) is 10.1. The molecule has 0 radical (unpaired) electrons. The van der Waals surface area contributed by atoms with Crippen LogP contribution in [0.4, 0.5) is 0 Å². The van der Waals surface area contributed by atoms with E-state index in [1.54, 1.807) is 61.5 Å². The van der Waals surface area contributed by atoms with Crippen molar-refractivity contribution in [1.82, 2.24) is 15.1 Å². The van der Waals surface area contributed by atoms with Gasteiger partial charge in [-0.25, -0.2) is 8.42 Å². The lowest BCUT2D eigenvalue weighted by atomic mass is 10.1. The van der Waals surface area contributed by atoms with Crippen molar-refractivity contribution in [2.24, 2.45) is 0 Å². The lowest BCUT2D eigenvalue weighted by molar-refractivity contribution is -0.132. The molecule has 0 saturated carbocycles. The van der Waals surface area contributed by atoms with Gasteiger partial charge in [0.15, 0.2) is 5.76 Å². The van der Waals surface area contributed by atoms with Crippen LogP contribution in [-0.2, 0) is 14.6 Å². The van der Waals surface area contributed by atoms with Gasteiger partial charge >= 0.3 is 0 Å². The molecule has 0 unspecified atom stereocenters.